The summed E-state index contributed by atoms with van der Waals surface area (Å²) in [5, 5.41) is 0. The average molecular weight is 357 g/mol. The molecule has 0 fully saturated rings. The van der Waals surface area contributed by atoms with Gasteiger partial charge in [0.25, 0.3) is 0 Å². The van der Waals surface area contributed by atoms with Gasteiger partial charge in [0.05, 0.1) is 20.8 Å². The van der Waals surface area contributed by atoms with Gasteiger partial charge in [0, 0.05) is 6.07 Å². The van der Waals surface area contributed by atoms with Gasteiger partial charge in [-0.3, -0.25) is 0 Å². The van der Waals surface area contributed by atoms with E-state index in [2.05, 4.69) is 26.0 Å². The zero-order chi connectivity index (χ0) is 18.8. The van der Waals surface area contributed by atoms with Crippen molar-refractivity contribution in [1.82, 2.24) is 0 Å². The van der Waals surface area contributed by atoms with Crippen molar-refractivity contribution in [3.05, 3.63) is 54.1 Å². The second-order valence-corrected chi connectivity index (χ2v) is 6.92. The number of hydrogen-bond acceptors (Lipinski definition) is 3. The Balaban J connectivity index is 1.72. The van der Waals surface area contributed by atoms with Crippen LogP contribution in [0.25, 0.3) is 0 Å². The molecule has 0 radical (unpaired) electrons. The molecule has 0 bridgehead atoms. The van der Waals surface area contributed by atoms with Gasteiger partial charge in [0.15, 0.2) is 0 Å². The Labute approximate surface area is 158 Å². The van der Waals surface area contributed by atoms with Crippen molar-refractivity contribution >= 4 is 0 Å². The van der Waals surface area contributed by atoms with Crippen molar-refractivity contribution < 1.29 is 14.2 Å². The molecule has 0 aromatic heterocycles. The number of rotatable bonds is 11. The summed E-state index contributed by atoms with van der Waals surface area (Å²) in [4.78, 5) is 0. The number of hydrogen-bond donors (Lipinski definition) is 0. The maximum Gasteiger partial charge on any atom is 0.122 e. The van der Waals surface area contributed by atoms with Gasteiger partial charge in [-0.15, -0.1) is 0 Å². The molecule has 0 heterocycles. The van der Waals surface area contributed by atoms with E-state index < -0.39 is 0 Å². The maximum atomic E-state index is 5.75. The van der Waals surface area contributed by atoms with Crippen molar-refractivity contribution in [2.75, 3.05) is 20.8 Å². The minimum atomic E-state index is 0.472. The zero-order valence-corrected chi connectivity index (χ0v) is 16.5. The fraction of sp³-hybridized carbons (Fsp3) is 0.478. The third-order valence-corrected chi connectivity index (χ3v) is 5.07. The second kappa shape index (κ2) is 10.7. The lowest BCUT2D eigenvalue weighted by molar-refractivity contribution is 0.301. The molecule has 0 aliphatic rings. The molecule has 2 unspecified atom stereocenters. The molecule has 2 aromatic carbocycles. The topological polar surface area (TPSA) is 27.7 Å². The molecular formula is C23H32O3. The first-order valence-corrected chi connectivity index (χ1v) is 9.55. The Bertz CT molecular complexity index is 617. The van der Waals surface area contributed by atoms with E-state index in [4.69, 9.17) is 14.2 Å². The number of unbranched alkanes of at least 4 members (excludes halogenated alkanes) is 2. The monoisotopic (exact) mass is 356 g/mol. The molecule has 0 amide bonds. The fourth-order valence-corrected chi connectivity index (χ4v) is 3.12. The molecular weight excluding hydrogens is 324 g/mol. The summed E-state index contributed by atoms with van der Waals surface area (Å²) in [6.45, 7) is 5.41. The van der Waals surface area contributed by atoms with Gasteiger partial charge < -0.3 is 14.2 Å². The predicted molar refractivity (Wildman–Crippen MR) is 108 cm³/mol. The molecule has 0 N–H and O–H groups in total. The Morgan fingerprint density at radius 2 is 1.42 bits per heavy atom. The average Bonchev–Trinajstić information content (AvgIpc) is 2.70. The van der Waals surface area contributed by atoms with E-state index in [0.717, 1.165) is 30.3 Å². The van der Waals surface area contributed by atoms with Crippen LogP contribution in [0.2, 0.25) is 0 Å². The highest BCUT2D eigenvalue weighted by Gasteiger charge is 2.16. The van der Waals surface area contributed by atoms with Crippen LogP contribution in [0.4, 0.5) is 0 Å². The molecule has 2 atom stereocenters. The molecule has 2 rings (SSSR count). The van der Waals surface area contributed by atoms with Crippen LogP contribution in [0.3, 0.4) is 0 Å². The minimum absolute atomic E-state index is 0.472. The van der Waals surface area contributed by atoms with Crippen LogP contribution in [-0.4, -0.2) is 20.8 Å². The molecule has 0 saturated carbocycles. The van der Waals surface area contributed by atoms with E-state index in [1.165, 1.54) is 24.8 Å². The molecule has 0 saturated heterocycles. The van der Waals surface area contributed by atoms with Crippen molar-refractivity contribution in [2.45, 2.75) is 45.4 Å². The highest BCUT2D eigenvalue weighted by atomic mass is 16.5. The largest absolute Gasteiger partial charge is 0.497 e. The predicted octanol–water partition coefficient (Wildman–Crippen LogP) is 6.08. The molecule has 2 aromatic rings. The summed E-state index contributed by atoms with van der Waals surface area (Å²) < 4.78 is 16.5. The van der Waals surface area contributed by atoms with Gasteiger partial charge in [-0.25, -0.2) is 0 Å². The molecule has 3 nitrogen and oxygen atoms in total. The van der Waals surface area contributed by atoms with Crippen molar-refractivity contribution in [1.29, 1.82) is 0 Å². The zero-order valence-electron chi connectivity index (χ0n) is 16.5. The Hall–Kier alpha value is -2.16. The van der Waals surface area contributed by atoms with E-state index in [9.17, 15) is 0 Å². The van der Waals surface area contributed by atoms with Crippen LogP contribution >= 0.6 is 0 Å². The summed E-state index contributed by atoms with van der Waals surface area (Å²) in [5.41, 5.74) is 1.28. The van der Waals surface area contributed by atoms with Gasteiger partial charge in [0.1, 0.15) is 17.2 Å². The summed E-state index contributed by atoms with van der Waals surface area (Å²) in [5.74, 6) is 3.76. The molecule has 3 heteroatoms. The Morgan fingerprint density at radius 1 is 0.769 bits per heavy atom. The molecule has 0 aliphatic carbocycles. The standard InChI is InChI=1S/C23H32O3/c1-18(11-7-6-10-14-26-21-12-8-5-9-13-21)19(2)20-15-22(24-3)17-23(16-20)25-4/h5,8-9,12-13,15-19H,6-7,10-11,14H2,1-4H3. The van der Waals surface area contributed by atoms with Gasteiger partial charge >= 0.3 is 0 Å². The van der Waals surface area contributed by atoms with E-state index in [-0.39, 0.29) is 0 Å². The van der Waals surface area contributed by atoms with E-state index in [1.54, 1.807) is 14.2 Å². The molecule has 142 valence electrons. The van der Waals surface area contributed by atoms with Crippen LogP contribution in [0, 0.1) is 5.92 Å². The SMILES string of the molecule is COc1cc(OC)cc(C(C)C(C)CCCCCOc2ccccc2)c1. The molecule has 26 heavy (non-hydrogen) atoms. The maximum absolute atomic E-state index is 5.75. The summed E-state index contributed by atoms with van der Waals surface area (Å²) in [6, 6.07) is 16.2. The fourth-order valence-electron chi connectivity index (χ4n) is 3.12. The van der Waals surface area contributed by atoms with Crippen LogP contribution in [-0.2, 0) is 0 Å². The van der Waals surface area contributed by atoms with Crippen molar-refractivity contribution in [3.63, 3.8) is 0 Å². The van der Waals surface area contributed by atoms with Gasteiger partial charge in [-0.2, -0.15) is 0 Å². The van der Waals surface area contributed by atoms with Crippen LogP contribution in [0.15, 0.2) is 48.5 Å². The van der Waals surface area contributed by atoms with Crippen molar-refractivity contribution in [2.24, 2.45) is 5.92 Å². The minimum Gasteiger partial charge on any atom is -0.497 e. The third-order valence-electron chi connectivity index (χ3n) is 5.07. The highest BCUT2D eigenvalue weighted by molar-refractivity contribution is 5.40. The quantitative estimate of drug-likeness (QED) is 0.456. The lowest BCUT2D eigenvalue weighted by Gasteiger charge is -2.21. The third kappa shape index (κ3) is 6.29. The smallest absolute Gasteiger partial charge is 0.122 e. The number of benzene rings is 2. The molecule has 0 spiro atoms. The van der Waals surface area contributed by atoms with Crippen molar-refractivity contribution in [3.8, 4) is 17.2 Å². The molecule has 0 aliphatic heterocycles. The summed E-state index contributed by atoms with van der Waals surface area (Å²) in [6.07, 6.45) is 4.74. The lowest BCUT2D eigenvalue weighted by Crippen LogP contribution is -2.07. The van der Waals surface area contributed by atoms with E-state index in [0.29, 0.717) is 11.8 Å². The first-order valence-electron chi connectivity index (χ1n) is 9.55. The summed E-state index contributed by atoms with van der Waals surface area (Å²) in [7, 11) is 3.40. The van der Waals surface area contributed by atoms with Gasteiger partial charge in [0.2, 0.25) is 0 Å². The lowest BCUT2D eigenvalue weighted by atomic mass is 9.85. The first kappa shape index (κ1) is 20.2. The van der Waals surface area contributed by atoms with Crippen LogP contribution in [0.1, 0.15) is 51.0 Å². The number of ether oxygens (including phenoxy) is 3. The van der Waals surface area contributed by atoms with E-state index >= 15 is 0 Å². The Kier molecular flexibility index (Phi) is 8.33. The van der Waals surface area contributed by atoms with Gasteiger partial charge in [-0.05, 0) is 48.1 Å². The highest BCUT2D eigenvalue weighted by Crippen LogP contribution is 2.33. The number of para-hydroxylation sites is 1. The summed E-state index contributed by atoms with van der Waals surface area (Å²) >= 11 is 0. The Morgan fingerprint density at radius 3 is 2.04 bits per heavy atom. The normalized spacial score (nSPS) is 13.1. The van der Waals surface area contributed by atoms with Gasteiger partial charge in [-0.1, -0.05) is 51.3 Å². The number of methoxy groups -OCH3 is 2. The van der Waals surface area contributed by atoms with E-state index in [1.807, 2.05) is 36.4 Å². The van der Waals surface area contributed by atoms with Crippen LogP contribution < -0.4 is 14.2 Å². The second-order valence-electron chi connectivity index (χ2n) is 6.92. The first-order chi connectivity index (χ1) is 12.6. The van der Waals surface area contributed by atoms with Crippen LogP contribution in [0.5, 0.6) is 17.2 Å².